The fourth-order valence-electron chi connectivity index (χ4n) is 3.94. The molecular formula is C28H29N5O3S. The van der Waals surface area contributed by atoms with Crippen LogP contribution in [0, 0.1) is 10.1 Å². The monoisotopic (exact) mass is 515 g/mol. The van der Waals surface area contributed by atoms with Crippen LogP contribution in [0.2, 0.25) is 0 Å². The van der Waals surface area contributed by atoms with E-state index < -0.39 is 4.92 Å². The molecule has 190 valence electrons. The number of hydrogen-bond acceptors (Lipinski definition) is 6. The molecule has 1 aromatic heterocycles. The van der Waals surface area contributed by atoms with Gasteiger partial charge in [-0.15, -0.1) is 10.2 Å². The number of rotatable bonds is 12. The van der Waals surface area contributed by atoms with E-state index in [0.717, 1.165) is 24.1 Å². The maximum absolute atomic E-state index is 12.4. The number of aryl methyl sites for hydroxylation is 1. The quantitative estimate of drug-likeness (QED) is 0.110. The first-order valence-electron chi connectivity index (χ1n) is 12.2. The van der Waals surface area contributed by atoms with Crippen LogP contribution in [-0.4, -0.2) is 37.4 Å². The van der Waals surface area contributed by atoms with E-state index in [1.807, 2.05) is 60.0 Å². The number of carbonyl (C=O) groups excluding carboxylic acids is 1. The van der Waals surface area contributed by atoms with Crippen LogP contribution in [0.15, 0.2) is 90.1 Å². The van der Waals surface area contributed by atoms with Crippen molar-refractivity contribution < 1.29 is 9.72 Å². The summed E-state index contributed by atoms with van der Waals surface area (Å²) in [5.41, 5.74) is 2.93. The Morgan fingerprint density at radius 1 is 1.00 bits per heavy atom. The Bertz CT molecular complexity index is 1310. The van der Waals surface area contributed by atoms with Crippen molar-refractivity contribution >= 4 is 23.4 Å². The van der Waals surface area contributed by atoms with Crippen LogP contribution < -0.4 is 5.32 Å². The number of nitro benzene ring substituents is 1. The molecule has 0 fully saturated rings. The molecule has 1 N–H and O–H groups in total. The SMILES string of the molecule is CC(CCc1ccccc1)NC(=O)CCCSc1nnc(-c2ccc([N+](=O)[O-])cc2)n1-c1ccccc1. The number of thioether (sulfide) groups is 1. The lowest BCUT2D eigenvalue weighted by Crippen LogP contribution is -2.32. The second-order valence-corrected chi connectivity index (χ2v) is 9.79. The zero-order valence-corrected chi connectivity index (χ0v) is 21.4. The van der Waals surface area contributed by atoms with Gasteiger partial charge in [0, 0.05) is 41.6 Å². The van der Waals surface area contributed by atoms with Gasteiger partial charge in [-0.1, -0.05) is 60.3 Å². The van der Waals surface area contributed by atoms with Crippen LogP contribution in [0.4, 0.5) is 5.69 Å². The van der Waals surface area contributed by atoms with E-state index in [1.165, 1.54) is 29.5 Å². The minimum Gasteiger partial charge on any atom is -0.354 e. The molecule has 0 aliphatic carbocycles. The maximum Gasteiger partial charge on any atom is 0.269 e. The molecule has 0 saturated carbocycles. The molecule has 8 nitrogen and oxygen atoms in total. The van der Waals surface area contributed by atoms with Gasteiger partial charge in [-0.2, -0.15) is 0 Å². The van der Waals surface area contributed by atoms with E-state index in [4.69, 9.17) is 0 Å². The number of benzene rings is 3. The molecule has 1 atom stereocenters. The van der Waals surface area contributed by atoms with Crippen molar-refractivity contribution in [2.75, 3.05) is 5.75 Å². The molecule has 9 heteroatoms. The Labute approximate surface area is 220 Å². The third-order valence-electron chi connectivity index (χ3n) is 5.88. The first-order chi connectivity index (χ1) is 18.0. The number of amides is 1. The van der Waals surface area contributed by atoms with E-state index in [2.05, 4.69) is 27.6 Å². The van der Waals surface area contributed by atoms with Gasteiger partial charge in [-0.25, -0.2) is 0 Å². The second kappa shape index (κ2) is 12.8. The number of carbonyl (C=O) groups is 1. The lowest BCUT2D eigenvalue weighted by molar-refractivity contribution is -0.384. The molecular weight excluding hydrogens is 486 g/mol. The van der Waals surface area contributed by atoms with Crippen molar-refractivity contribution in [3.05, 3.63) is 101 Å². The van der Waals surface area contributed by atoms with Crippen molar-refractivity contribution in [1.29, 1.82) is 0 Å². The molecule has 0 aliphatic heterocycles. The van der Waals surface area contributed by atoms with Crippen LogP contribution in [-0.2, 0) is 11.2 Å². The summed E-state index contributed by atoms with van der Waals surface area (Å²) < 4.78 is 1.94. The number of nitrogens with zero attached hydrogens (tertiary/aromatic N) is 4. The van der Waals surface area contributed by atoms with Crippen LogP contribution in [0.25, 0.3) is 17.1 Å². The Hall–Kier alpha value is -3.98. The average molecular weight is 516 g/mol. The van der Waals surface area contributed by atoms with Gasteiger partial charge < -0.3 is 5.32 Å². The molecule has 4 rings (SSSR count). The summed E-state index contributed by atoms with van der Waals surface area (Å²) in [4.78, 5) is 23.0. The highest BCUT2D eigenvalue weighted by Crippen LogP contribution is 2.29. The molecule has 0 saturated heterocycles. The Kier molecular flexibility index (Phi) is 9.04. The van der Waals surface area contributed by atoms with E-state index >= 15 is 0 Å². The molecule has 1 unspecified atom stereocenters. The lowest BCUT2D eigenvalue weighted by Gasteiger charge is -2.14. The number of hydrogen-bond donors (Lipinski definition) is 1. The summed E-state index contributed by atoms with van der Waals surface area (Å²) in [7, 11) is 0. The van der Waals surface area contributed by atoms with E-state index in [9.17, 15) is 14.9 Å². The normalized spacial score (nSPS) is 11.7. The third-order valence-corrected chi connectivity index (χ3v) is 6.89. The molecule has 4 aromatic rings. The Balaban J connectivity index is 1.34. The highest BCUT2D eigenvalue weighted by molar-refractivity contribution is 7.99. The second-order valence-electron chi connectivity index (χ2n) is 8.73. The number of non-ortho nitro benzene ring substituents is 1. The van der Waals surface area contributed by atoms with Crippen LogP contribution >= 0.6 is 11.8 Å². The van der Waals surface area contributed by atoms with E-state index in [0.29, 0.717) is 29.6 Å². The van der Waals surface area contributed by atoms with Gasteiger partial charge in [-0.3, -0.25) is 19.5 Å². The standard InChI is InChI=1S/C28H29N5O3S/c1-21(14-15-22-9-4-2-5-10-22)29-26(34)13-8-20-37-28-31-30-27(32(28)24-11-6-3-7-12-24)23-16-18-25(19-17-23)33(35)36/h2-7,9-12,16-19,21H,8,13-15,20H2,1H3,(H,29,34). The maximum atomic E-state index is 12.4. The van der Waals surface area contributed by atoms with Crippen LogP contribution in [0.5, 0.6) is 0 Å². The zero-order chi connectivity index (χ0) is 26.0. The van der Waals surface area contributed by atoms with Crippen molar-refractivity contribution in [3.8, 4) is 17.1 Å². The molecule has 1 amide bonds. The third kappa shape index (κ3) is 7.27. The van der Waals surface area contributed by atoms with Gasteiger partial charge >= 0.3 is 0 Å². The van der Waals surface area contributed by atoms with Crippen LogP contribution in [0.1, 0.15) is 31.7 Å². The summed E-state index contributed by atoms with van der Waals surface area (Å²) in [5, 5.41) is 23.6. The molecule has 37 heavy (non-hydrogen) atoms. The minimum atomic E-state index is -0.423. The van der Waals surface area contributed by atoms with Gasteiger partial charge in [0.2, 0.25) is 5.91 Å². The van der Waals surface area contributed by atoms with Crippen molar-refractivity contribution in [2.45, 2.75) is 43.8 Å². The predicted octanol–water partition coefficient (Wildman–Crippen LogP) is 5.85. The fraction of sp³-hybridized carbons (Fsp3) is 0.250. The number of nitrogens with one attached hydrogen (secondary N) is 1. The smallest absolute Gasteiger partial charge is 0.269 e. The summed E-state index contributed by atoms with van der Waals surface area (Å²) in [6.07, 6.45) is 2.98. The van der Waals surface area contributed by atoms with Gasteiger partial charge in [-0.05, 0) is 56.0 Å². The molecule has 0 radical (unpaired) electrons. The van der Waals surface area contributed by atoms with Crippen LogP contribution in [0.3, 0.4) is 0 Å². The summed E-state index contributed by atoms with van der Waals surface area (Å²) in [6.45, 7) is 2.04. The fourth-order valence-corrected chi connectivity index (χ4v) is 4.83. The summed E-state index contributed by atoms with van der Waals surface area (Å²) >= 11 is 1.53. The van der Waals surface area contributed by atoms with Gasteiger partial charge in [0.25, 0.3) is 5.69 Å². The number of nitro groups is 1. The molecule has 3 aromatic carbocycles. The van der Waals surface area contributed by atoms with Crippen molar-refractivity contribution in [3.63, 3.8) is 0 Å². The highest BCUT2D eigenvalue weighted by atomic mass is 32.2. The molecule has 0 bridgehead atoms. The number of aromatic nitrogens is 3. The molecule has 0 aliphatic rings. The number of para-hydroxylation sites is 1. The summed E-state index contributed by atoms with van der Waals surface area (Å²) in [6, 6.07) is 26.4. The largest absolute Gasteiger partial charge is 0.354 e. The summed E-state index contributed by atoms with van der Waals surface area (Å²) in [5.74, 6) is 1.36. The van der Waals surface area contributed by atoms with E-state index in [1.54, 1.807) is 12.1 Å². The average Bonchev–Trinajstić information content (AvgIpc) is 3.35. The van der Waals surface area contributed by atoms with E-state index in [-0.39, 0.29) is 17.6 Å². The Morgan fingerprint density at radius 3 is 2.35 bits per heavy atom. The lowest BCUT2D eigenvalue weighted by atomic mass is 10.1. The first-order valence-corrected chi connectivity index (χ1v) is 13.2. The molecule has 0 spiro atoms. The van der Waals surface area contributed by atoms with Gasteiger partial charge in [0.15, 0.2) is 11.0 Å². The minimum absolute atomic E-state index is 0.0248. The Morgan fingerprint density at radius 2 is 1.68 bits per heavy atom. The van der Waals surface area contributed by atoms with Gasteiger partial charge in [0.1, 0.15) is 0 Å². The van der Waals surface area contributed by atoms with Crippen molar-refractivity contribution in [2.24, 2.45) is 0 Å². The topological polar surface area (TPSA) is 103 Å². The first kappa shape index (κ1) is 26.1. The zero-order valence-electron chi connectivity index (χ0n) is 20.6. The molecule has 1 heterocycles. The highest BCUT2D eigenvalue weighted by Gasteiger charge is 2.17. The van der Waals surface area contributed by atoms with Gasteiger partial charge in [0.05, 0.1) is 4.92 Å². The predicted molar refractivity (Wildman–Crippen MR) is 146 cm³/mol. The van der Waals surface area contributed by atoms with Crippen molar-refractivity contribution in [1.82, 2.24) is 20.1 Å².